The largest absolute Gasteiger partial charge is 0.477 e. The standard InChI is InChI=1S/C26H15NO2/c27-15-21(26(28)29)14-16-4-6-17(7-5-16)22-12-10-20-9-8-18-2-1-3-19-11-13-23(22)25(20)24(18)19/h1-14H,(H,28,29)/b21-14+. The summed E-state index contributed by atoms with van der Waals surface area (Å²) in [4.78, 5) is 11.0. The van der Waals surface area contributed by atoms with E-state index in [1.807, 2.05) is 24.3 Å². The summed E-state index contributed by atoms with van der Waals surface area (Å²) in [7, 11) is 0. The van der Waals surface area contributed by atoms with Gasteiger partial charge in [-0.1, -0.05) is 78.9 Å². The molecule has 1 N–H and O–H groups in total. The number of rotatable bonds is 3. The molecule has 0 amide bonds. The van der Waals surface area contributed by atoms with Crippen LogP contribution in [0.5, 0.6) is 0 Å². The maximum Gasteiger partial charge on any atom is 0.346 e. The van der Waals surface area contributed by atoms with E-state index in [9.17, 15) is 4.79 Å². The molecular weight excluding hydrogens is 358 g/mol. The molecule has 0 aliphatic carbocycles. The van der Waals surface area contributed by atoms with Gasteiger partial charge in [0.1, 0.15) is 11.6 Å². The minimum atomic E-state index is -1.22. The maximum atomic E-state index is 11.0. The van der Waals surface area contributed by atoms with Crippen LogP contribution in [-0.2, 0) is 4.79 Å². The smallest absolute Gasteiger partial charge is 0.346 e. The Morgan fingerprint density at radius 2 is 1.41 bits per heavy atom. The SMILES string of the molecule is N#C/C(=C\c1ccc(-c2ccc3ccc4cccc5ccc2c3c45)cc1)C(=O)O. The van der Waals surface area contributed by atoms with Crippen LogP contribution in [0.4, 0.5) is 0 Å². The summed E-state index contributed by atoms with van der Waals surface area (Å²) in [5.74, 6) is -1.22. The van der Waals surface area contributed by atoms with Crippen molar-refractivity contribution in [2.75, 3.05) is 0 Å². The van der Waals surface area contributed by atoms with Crippen molar-refractivity contribution >= 4 is 44.4 Å². The van der Waals surface area contributed by atoms with Crippen molar-refractivity contribution in [2.24, 2.45) is 0 Å². The Labute approximate surface area is 167 Å². The number of carboxylic acid groups (broad SMARTS) is 1. The molecule has 29 heavy (non-hydrogen) atoms. The Morgan fingerprint density at radius 1 is 0.793 bits per heavy atom. The molecule has 0 unspecified atom stereocenters. The van der Waals surface area contributed by atoms with Crippen LogP contribution in [0.25, 0.3) is 49.5 Å². The van der Waals surface area contributed by atoms with Crippen LogP contribution >= 0.6 is 0 Å². The molecule has 3 nitrogen and oxygen atoms in total. The molecule has 0 radical (unpaired) electrons. The highest BCUT2D eigenvalue weighted by Gasteiger charge is 2.12. The molecule has 0 saturated carbocycles. The van der Waals surface area contributed by atoms with E-state index < -0.39 is 5.97 Å². The lowest BCUT2D eigenvalue weighted by atomic mass is 9.90. The van der Waals surface area contributed by atoms with Crippen molar-refractivity contribution < 1.29 is 9.90 Å². The topological polar surface area (TPSA) is 61.1 Å². The van der Waals surface area contributed by atoms with Gasteiger partial charge in [-0.3, -0.25) is 0 Å². The van der Waals surface area contributed by atoms with Gasteiger partial charge in [0.05, 0.1) is 0 Å². The van der Waals surface area contributed by atoms with Crippen LogP contribution in [0.1, 0.15) is 5.56 Å². The first kappa shape index (κ1) is 17.0. The predicted molar refractivity (Wildman–Crippen MR) is 117 cm³/mol. The number of carboxylic acids is 1. The second-order valence-electron chi connectivity index (χ2n) is 7.07. The van der Waals surface area contributed by atoms with Crippen LogP contribution in [0.15, 0.2) is 84.4 Å². The fourth-order valence-electron chi connectivity index (χ4n) is 4.05. The number of aliphatic carboxylic acids is 1. The van der Waals surface area contributed by atoms with Crippen molar-refractivity contribution in [3.05, 3.63) is 90.0 Å². The molecule has 0 aliphatic rings. The molecule has 5 rings (SSSR count). The van der Waals surface area contributed by atoms with E-state index in [2.05, 4.69) is 54.6 Å². The average Bonchev–Trinajstić information content (AvgIpc) is 2.76. The number of hydrogen-bond acceptors (Lipinski definition) is 2. The number of nitrogens with zero attached hydrogens (tertiary/aromatic N) is 1. The van der Waals surface area contributed by atoms with E-state index in [0.717, 1.165) is 11.1 Å². The molecule has 3 heteroatoms. The van der Waals surface area contributed by atoms with Gasteiger partial charge in [-0.2, -0.15) is 5.26 Å². The van der Waals surface area contributed by atoms with Gasteiger partial charge in [0.15, 0.2) is 0 Å². The molecule has 0 aliphatic heterocycles. The second-order valence-corrected chi connectivity index (χ2v) is 7.07. The number of hydrogen-bond donors (Lipinski definition) is 1. The average molecular weight is 373 g/mol. The summed E-state index contributed by atoms with van der Waals surface area (Å²) in [6.07, 6.45) is 1.39. The van der Waals surface area contributed by atoms with E-state index in [1.54, 1.807) is 6.07 Å². The van der Waals surface area contributed by atoms with Gasteiger partial charge in [-0.05, 0) is 55.1 Å². The third-order valence-electron chi connectivity index (χ3n) is 5.41. The Morgan fingerprint density at radius 3 is 2.07 bits per heavy atom. The molecule has 0 spiro atoms. The predicted octanol–water partition coefficient (Wildman–Crippen LogP) is 6.24. The van der Waals surface area contributed by atoms with Gasteiger partial charge in [-0.25, -0.2) is 4.79 Å². The zero-order valence-corrected chi connectivity index (χ0v) is 15.4. The molecule has 136 valence electrons. The summed E-state index contributed by atoms with van der Waals surface area (Å²) in [5, 5.41) is 25.4. The van der Waals surface area contributed by atoms with Gasteiger partial charge in [-0.15, -0.1) is 0 Å². The summed E-state index contributed by atoms with van der Waals surface area (Å²) in [6.45, 7) is 0. The monoisotopic (exact) mass is 373 g/mol. The Kier molecular flexibility index (Phi) is 3.79. The summed E-state index contributed by atoms with van der Waals surface area (Å²) >= 11 is 0. The van der Waals surface area contributed by atoms with Crippen molar-refractivity contribution in [3.8, 4) is 17.2 Å². The molecular formula is C26H15NO2. The normalized spacial score (nSPS) is 11.9. The van der Waals surface area contributed by atoms with Crippen molar-refractivity contribution in [1.82, 2.24) is 0 Å². The minimum Gasteiger partial charge on any atom is -0.477 e. The van der Waals surface area contributed by atoms with E-state index in [1.165, 1.54) is 38.4 Å². The number of nitriles is 1. The second kappa shape index (κ2) is 6.47. The first-order valence-corrected chi connectivity index (χ1v) is 9.28. The maximum absolute atomic E-state index is 11.0. The molecule has 0 atom stereocenters. The summed E-state index contributed by atoms with van der Waals surface area (Å²) in [6, 6.07) is 28.6. The van der Waals surface area contributed by atoms with E-state index >= 15 is 0 Å². The van der Waals surface area contributed by atoms with Gasteiger partial charge < -0.3 is 5.11 Å². The number of carbonyl (C=O) groups is 1. The van der Waals surface area contributed by atoms with Gasteiger partial charge >= 0.3 is 5.97 Å². The quantitative estimate of drug-likeness (QED) is 0.231. The molecule has 0 saturated heterocycles. The van der Waals surface area contributed by atoms with Crippen molar-refractivity contribution in [1.29, 1.82) is 5.26 Å². The summed E-state index contributed by atoms with van der Waals surface area (Å²) < 4.78 is 0. The summed E-state index contributed by atoms with van der Waals surface area (Å²) in [5.41, 5.74) is 2.59. The highest BCUT2D eigenvalue weighted by atomic mass is 16.4. The van der Waals surface area contributed by atoms with E-state index in [0.29, 0.717) is 5.56 Å². The first-order chi connectivity index (χ1) is 14.2. The van der Waals surface area contributed by atoms with Crippen LogP contribution in [0.3, 0.4) is 0 Å². The Bertz CT molecular complexity index is 1460. The minimum absolute atomic E-state index is 0.277. The van der Waals surface area contributed by atoms with Crippen LogP contribution in [0, 0.1) is 11.3 Å². The Balaban J connectivity index is 1.69. The lowest BCUT2D eigenvalue weighted by molar-refractivity contribution is -0.132. The van der Waals surface area contributed by atoms with Gasteiger partial charge in [0, 0.05) is 0 Å². The van der Waals surface area contributed by atoms with E-state index in [-0.39, 0.29) is 5.57 Å². The zero-order valence-electron chi connectivity index (χ0n) is 15.4. The highest BCUT2D eigenvalue weighted by Crippen LogP contribution is 2.39. The first-order valence-electron chi connectivity index (χ1n) is 9.28. The van der Waals surface area contributed by atoms with Crippen LogP contribution in [0.2, 0.25) is 0 Å². The molecule has 0 bridgehead atoms. The number of benzene rings is 5. The lowest BCUT2D eigenvalue weighted by Crippen LogP contribution is -1.97. The molecule has 5 aromatic rings. The van der Waals surface area contributed by atoms with Gasteiger partial charge in [0.2, 0.25) is 0 Å². The molecule has 0 aromatic heterocycles. The van der Waals surface area contributed by atoms with Crippen molar-refractivity contribution in [2.45, 2.75) is 0 Å². The lowest BCUT2D eigenvalue weighted by Gasteiger charge is -2.14. The van der Waals surface area contributed by atoms with Crippen LogP contribution in [-0.4, -0.2) is 11.1 Å². The third-order valence-corrected chi connectivity index (χ3v) is 5.41. The molecule has 0 fully saturated rings. The third kappa shape index (κ3) is 2.70. The highest BCUT2D eigenvalue weighted by molar-refractivity contribution is 6.25. The Hall–Kier alpha value is -4.16. The molecule has 5 aromatic carbocycles. The van der Waals surface area contributed by atoms with E-state index in [4.69, 9.17) is 10.4 Å². The van der Waals surface area contributed by atoms with Crippen LogP contribution < -0.4 is 0 Å². The fourth-order valence-corrected chi connectivity index (χ4v) is 4.05. The van der Waals surface area contributed by atoms with Gasteiger partial charge in [0.25, 0.3) is 0 Å². The fraction of sp³-hybridized carbons (Fsp3) is 0. The zero-order chi connectivity index (χ0) is 20.0. The molecule has 0 heterocycles. The van der Waals surface area contributed by atoms with Crippen molar-refractivity contribution in [3.63, 3.8) is 0 Å².